The first-order valence-corrected chi connectivity index (χ1v) is 8.40. The van der Waals surface area contributed by atoms with E-state index in [1.165, 1.54) is 68.4 Å². The van der Waals surface area contributed by atoms with Gasteiger partial charge in [0.2, 0.25) is 0 Å². The summed E-state index contributed by atoms with van der Waals surface area (Å²) in [5.41, 5.74) is 10.1. The van der Waals surface area contributed by atoms with Crippen molar-refractivity contribution < 1.29 is 0 Å². The molecule has 1 heterocycles. The minimum Gasteiger partial charge on any atom is -0.371 e. The Bertz CT molecular complexity index is 496. The molecular weight excluding hydrogens is 244 g/mol. The van der Waals surface area contributed by atoms with E-state index in [4.69, 9.17) is 5.73 Å². The fraction of sp³-hybridized carbons (Fsp3) is 0.667. The predicted molar refractivity (Wildman–Crippen MR) is 83.8 cm³/mol. The minimum atomic E-state index is 0.666. The van der Waals surface area contributed by atoms with Crippen LogP contribution in [0.2, 0.25) is 0 Å². The van der Waals surface area contributed by atoms with E-state index in [1.807, 2.05) is 0 Å². The minimum absolute atomic E-state index is 0.666. The third-order valence-electron chi connectivity index (χ3n) is 5.93. The maximum absolute atomic E-state index is 5.78. The van der Waals surface area contributed by atoms with Crippen LogP contribution in [0.3, 0.4) is 0 Å². The van der Waals surface area contributed by atoms with Crippen LogP contribution >= 0.6 is 0 Å². The molecule has 0 amide bonds. The highest BCUT2D eigenvalue weighted by Gasteiger charge is 2.40. The summed E-state index contributed by atoms with van der Waals surface area (Å²) in [6.07, 6.45) is 8.58. The van der Waals surface area contributed by atoms with Crippen molar-refractivity contribution in [1.82, 2.24) is 0 Å². The number of nitrogens with two attached hydrogens (primary N) is 1. The Labute approximate surface area is 122 Å². The highest BCUT2D eigenvalue weighted by atomic mass is 15.1. The lowest BCUT2D eigenvalue weighted by molar-refractivity contribution is 0.332. The maximum Gasteiger partial charge on any atom is 0.0399 e. The van der Waals surface area contributed by atoms with Crippen molar-refractivity contribution in [2.75, 3.05) is 18.0 Å². The number of hydrogen-bond donors (Lipinski definition) is 1. The molecule has 3 aliphatic rings. The number of hydrogen-bond acceptors (Lipinski definition) is 2. The van der Waals surface area contributed by atoms with Crippen molar-refractivity contribution in [2.24, 2.45) is 23.5 Å². The van der Waals surface area contributed by atoms with Crippen molar-refractivity contribution in [3.63, 3.8) is 0 Å². The zero-order chi connectivity index (χ0) is 13.5. The number of benzene rings is 1. The van der Waals surface area contributed by atoms with E-state index in [9.17, 15) is 0 Å². The molecule has 1 aromatic carbocycles. The second-order valence-corrected chi connectivity index (χ2v) is 7.15. The van der Waals surface area contributed by atoms with Crippen LogP contribution in [0.1, 0.15) is 43.2 Å². The Morgan fingerprint density at radius 2 is 2.15 bits per heavy atom. The van der Waals surface area contributed by atoms with Crippen LogP contribution in [0.15, 0.2) is 18.2 Å². The SMILES string of the molecule is NCc1ccc2c(c1)CCCN2CC1CC2CCC1C2. The highest BCUT2D eigenvalue weighted by Crippen LogP contribution is 2.49. The largest absolute Gasteiger partial charge is 0.371 e. The van der Waals surface area contributed by atoms with Crippen LogP contribution in [0.4, 0.5) is 5.69 Å². The molecule has 2 aliphatic carbocycles. The molecule has 1 aliphatic heterocycles. The van der Waals surface area contributed by atoms with Gasteiger partial charge >= 0.3 is 0 Å². The molecule has 2 heteroatoms. The molecule has 2 saturated carbocycles. The summed E-state index contributed by atoms with van der Waals surface area (Å²) in [6.45, 7) is 3.22. The van der Waals surface area contributed by atoms with E-state index in [2.05, 4.69) is 23.1 Å². The van der Waals surface area contributed by atoms with Gasteiger partial charge < -0.3 is 10.6 Å². The van der Waals surface area contributed by atoms with Crippen molar-refractivity contribution in [3.8, 4) is 0 Å². The Kier molecular flexibility index (Phi) is 3.22. The first-order valence-electron chi connectivity index (χ1n) is 8.40. The second-order valence-electron chi connectivity index (χ2n) is 7.15. The van der Waals surface area contributed by atoms with E-state index in [0.717, 1.165) is 17.8 Å². The lowest BCUT2D eigenvalue weighted by atomic mass is 9.87. The molecule has 0 saturated heterocycles. The van der Waals surface area contributed by atoms with Gasteiger partial charge in [-0.3, -0.25) is 0 Å². The molecule has 0 radical (unpaired) electrons. The van der Waals surface area contributed by atoms with Gasteiger partial charge in [0.25, 0.3) is 0 Å². The van der Waals surface area contributed by atoms with Crippen molar-refractivity contribution in [3.05, 3.63) is 29.3 Å². The lowest BCUT2D eigenvalue weighted by Gasteiger charge is -2.36. The number of fused-ring (bicyclic) bond motifs is 3. The average molecular weight is 270 g/mol. The molecule has 3 unspecified atom stereocenters. The maximum atomic E-state index is 5.78. The molecule has 2 fully saturated rings. The first-order chi connectivity index (χ1) is 9.83. The van der Waals surface area contributed by atoms with E-state index in [1.54, 1.807) is 0 Å². The number of rotatable bonds is 3. The molecular formula is C18H26N2. The van der Waals surface area contributed by atoms with E-state index >= 15 is 0 Å². The first kappa shape index (κ1) is 12.7. The molecule has 2 nitrogen and oxygen atoms in total. The molecule has 108 valence electrons. The molecule has 20 heavy (non-hydrogen) atoms. The molecule has 1 aromatic rings. The summed E-state index contributed by atoms with van der Waals surface area (Å²) in [5.74, 6) is 3.07. The Morgan fingerprint density at radius 1 is 1.20 bits per heavy atom. The fourth-order valence-electron chi connectivity index (χ4n) is 4.93. The second kappa shape index (κ2) is 5.07. The molecule has 0 aromatic heterocycles. The van der Waals surface area contributed by atoms with Crippen molar-refractivity contribution >= 4 is 5.69 Å². The lowest BCUT2D eigenvalue weighted by Crippen LogP contribution is -2.35. The van der Waals surface area contributed by atoms with E-state index in [-0.39, 0.29) is 0 Å². The fourth-order valence-corrected chi connectivity index (χ4v) is 4.93. The summed E-state index contributed by atoms with van der Waals surface area (Å²) >= 11 is 0. The van der Waals surface area contributed by atoms with Crippen molar-refractivity contribution in [1.29, 1.82) is 0 Å². The summed E-state index contributed by atoms with van der Waals surface area (Å²) in [5, 5.41) is 0. The van der Waals surface area contributed by atoms with Gasteiger partial charge in [0, 0.05) is 25.3 Å². The summed E-state index contributed by atoms with van der Waals surface area (Å²) in [7, 11) is 0. The highest BCUT2D eigenvalue weighted by molar-refractivity contribution is 5.57. The van der Waals surface area contributed by atoms with Crippen LogP contribution in [0.25, 0.3) is 0 Å². The molecule has 2 N–H and O–H groups in total. The summed E-state index contributed by atoms with van der Waals surface area (Å²) in [6, 6.07) is 6.88. The van der Waals surface area contributed by atoms with Crippen LogP contribution in [-0.2, 0) is 13.0 Å². The smallest absolute Gasteiger partial charge is 0.0399 e. The normalized spacial score (nSPS) is 31.6. The third kappa shape index (κ3) is 2.14. The molecule has 2 bridgehead atoms. The summed E-state index contributed by atoms with van der Waals surface area (Å²) < 4.78 is 0. The predicted octanol–water partition coefficient (Wildman–Crippen LogP) is 3.33. The topological polar surface area (TPSA) is 29.3 Å². The van der Waals surface area contributed by atoms with Crippen LogP contribution in [0.5, 0.6) is 0 Å². The Hall–Kier alpha value is -1.02. The van der Waals surface area contributed by atoms with Crippen LogP contribution < -0.4 is 10.6 Å². The Balaban J connectivity index is 1.53. The average Bonchev–Trinajstić information content (AvgIpc) is 3.09. The van der Waals surface area contributed by atoms with Gasteiger partial charge in [-0.1, -0.05) is 18.6 Å². The number of nitrogens with zero attached hydrogens (tertiary/aromatic N) is 1. The number of anilines is 1. The van der Waals surface area contributed by atoms with Gasteiger partial charge in [-0.2, -0.15) is 0 Å². The monoisotopic (exact) mass is 270 g/mol. The van der Waals surface area contributed by atoms with Gasteiger partial charge in [0.1, 0.15) is 0 Å². The van der Waals surface area contributed by atoms with E-state index < -0.39 is 0 Å². The van der Waals surface area contributed by atoms with Crippen LogP contribution in [0, 0.1) is 17.8 Å². The van der Waals surface area contributed by atoms with Gasteiger partial charge in [0.15, 0.2) is 0 Å². The quantitative estimate of drug-likeness (QED) is 0.913. The molecule has 3 atom stereocenters. The van der Waals surface area contributed by atoms with Crippen LogP contribution in [-0.4, -0.2) is 13.1 Å². The van der Waals surface area contributed by atoms with Gasteiger partial charge in [-0.25, -0.2) is 0 Å². The standard InChI is InChI=1S/C18H26N2/c19-11-14-4-6-18-16(10-14)2-1-7-20(18)12-17-9-13-3-5-15(17)8-13/h4,6,10,13,15,17H,1-3,5,7-9,11-12,19H2. The molecule has 0 spiro atoms. The van der Waals surface area contributed by atoms with Gasteiger partial charge in [0.05, 0.1) is 0 Å². The zero-order valence-electron chi connectivity index (χ0n) is 12.4. The third-order valence-corrected chi connectivity index (χ3v) is 5.93. The van der Waals surface area contributed by atoms with E-state index in [0.29, 0.717) is 6.54 Å². The van der Waals surface area contributed by atoms with Gasteiger partial charge in [-0.05, 0) is 67.1 Å². The van der Waals surface area contributed by atoms with Gasteiger partial charge in [-0.15, -0.1) is 0 Å². The Morgan fingerprint density at radius 3 is 2.90 bits per heavy atom. The van der Waals surface area contributed by atoms with Crippen molar-refractivity contribution in [2.45, 2.75) is 45.1 Å². The molecule has 4 rings (SSSR count). The summed E-state index contributed by atoms with van der Waals surface area (Å²) in [4.78, 5) is 2.67. The number of aryl methyl sites for hydroxylation is 1. The zero-order valence-corrected chi connectivity index (χ0v) is 12.4.